The van der Waals surface area contributed by atoms with Crippen molar-refractivity contribution in [2.75, 3.05) is 0 Å². The summed E-state index contributed by atoms with van der Waals surface area (Å²) in [5.74, 6) is 0.373. The number of halogens is 2. The van der Waals surface area contributed by atoms with E-state index in [0.717, 1.165) is 0 Å². The molecule has 25 heavy (non-hydrogen) atoms. The van der Waals surface area contributed by atoms with Crippen molar-refractivity contribution in [2.45, 2.75) is 45.2 Å². The van der Waals surface area contributed by atoms with Crippen LogP contribution in [0.25, 0.3) is 6.08 Å². The molecule has 0 saturated carbocycles. The van der Waals surface area contributed by atoms with Crippen LogP contribution in [-0.2, 0) is 20.7 Å². The van der Waals surface area contributed by atoms with Crippen molar-refractivity contribution >= 4 is 6.08 Å². The fourth-order valence-electron chi connectivity index (χ4n) is 3.42. The molecule has 2 unspecified atom stereocenters. The molecule has 0 bridgehead atoms. The van der Waals surface area contributed by atoms with Gasteiger partial charge in [0.2, 0.25) is 0 Å². The quantitative estimate of drug-likeness (QED) is 0.617. The maximum atomic E-state index is 2.45. The summed E-state index contributed by atoms with van der Waals surface area (Å²) in [6, 6.07) is 18.0. The van der Waals surface area contributed by atoms with Gasteiger partial charge in [0.25, 0.3) is 0 Å². The van der Waals surface area contributed by atoms with Crippen molar-refractivity contribution in [1.29, 1.82) is 0 Å². The molecule has 1 aliphatic rings. The Morgan fingerprint density at radius 2 is 1.48 bits per heavy atom. The summed E-state index contributed by atoms with van der Waals surface area (Å²) >= 11 is 2.22. The Balaban J connectivity index is 0.00000156. The fraction of sp³-hybridized carbons (Fsp3) is 0.333. The summed E-state index contributed by atoms with van der Waals surface area (Å²) in [5.41, 5.74) is 5.78. The Bertz CT molecular complexity index is 737. The molecule has 0 saturated heterocycles. The topological polar surface area (TPSA) is 3.24 Å². The predicted octanol–water partition coefficient (Wildman–Crippen LogP) is -0.523. The van der Waals surface area contributed by atoms with Crippen molar-refractivity contribution in [2.24, 2.45) is 0 Å². The average molecular weight is 409 g/mol. The molecule has 0 aromatic heterocycles. The van der Waals surface area contributed by atoms with Crippen molar-refractivity contribution in [3.63, 3.8) is 0 Å². The zero-order chi connectivity index (χ0) is 16.6. The Hall–Kier alpha value is -0.566. The number of benzene rings is 2. The van der Waals surface area contributed by atoms with E-state index in [1.807, 2.05) is 0 Å². The first-order chi connectivity index (χ1) is 10.9. The Morgan fingerprint density at radius 1 is 0.920 bits per heavy atom. The number of hydrogen-bond acceptors (Lipinski definition) is 1. The minimum atomic E-state index is 0. The molecule has 2 aromatic carbocycles. The molecule has 0 heterocycles. The van der Waals surface area contributed by atoms with Gasteiger partial charge in [0.1, 0.15) is 0 Å². The van der Waals surface area contributed by atoms with E-state index < -0.39 is 0 Å². The number of hydrogen-bond donors (Lipinski definition) is 0. The van der Waals surface area contributed by atoms with Crippen molar-refractivity contribution in [3.05, 3.63) is 76.9 Å². The maximum Gasteiger partial charge on any atom is -1.00 e. The third-order valence-corrected chi connectivity index (χ3v) is 6.34. The summed E-state index contributed by atoms with van der Waals surface area (Å²) < 4.78 is 2.45. The maximum absolute atomic E-state index is 2.45. The van der Waals surface area contributed by atoms with E-state index >= 15 is 0 Å². The van der Waals surface area contributed by atoms with Crippen LogP contribution < -0.4 is 24.8 Å². The van der Waals surface area contributed by atoms with Crippen LogP contribution in [0, 0.1) is 0 Å². The second-order valence-corrected chi connectivity index (χ2v) is 8.06. The molecule has 0 spiro atoms. The van der Waals surface area contributed by atoms with Crippen molar-refractivity contribution in [1.82, 2.24) is 3.38 Å². The monoisotopic (exact) mass is 408 g/mol. The van der Waals surface area contributed by atoms with E-state index in [1.54, 1.807) is 0 Å². The summed E-state index contributed by atoms with van der Waals surface area (Å²) in [6.07, 6.45) is 4.60. The number of rotatable bonds is 3. The standard InChI is InChI=1S/C21H24N.2ClH.Ti/c1-15(22-21(2,3)4)17-10-7-8-12-19(17)20-14-13-16-9-5-6-11-18(16)20;;;/h5-15,20H,1-4H3;2*1H;/q-1;;;+3/p-2. The van der Waals surface area contributed by atoms with Gasteiger partial charge < -0.3 is 24.8 Å². The van der Waals surface area contributed by atoms with Crippen LogP contribution in [0.15, 0.2) is 54.6 Å². The number of allylic oxidation sites excluding steroid dienone is 1. The SMILES string of the molecule is CC(c1ccccc1C1C=Cc2ccccc21)[N]([Ti+2])C(C)(C)C.[Cl-].[Cl-]. The summed E-state index contributed by atoms with van der Waals surface area (Å²) in [5, 5.41) is 0. The van der Waals surface area contributed by atoms with Crippen LogP contribution in [0.2, 0.25) is 0 Å². The van der Waals surface area contributed by atoms with Gasteiger partial charge in [0.05, 0.1) is 0 Å². The van der Waals surface area contributed by atoms with Crippen LogP contribution in [0.5, 0.6) is 0 Å². The molecule has 131 valence electrons. The first-order valence-corrected chi connectivity index (χ1v) is 8.96. The van der Waals surface area contributed by atoms with Gasteiger partial charge in [0.15, 0.2) is 0 Å². The van der Waals surface area contributed by atoms with Gasteiger partial charge in [-0.15, -0.1) is 0 Å². The van der Waals surface area contributed by atoms with E-state index in [4.69, 9.17) is 0 Å². The molecule has 0 radical (unpaired) electrons. The Morgan fingerprint density at radius 3 is 2.12 bits per heavy atom. The first-order valence-electron chi connectivity index (χ1n) is 8.26. The summed E-state index contributed by atoms with van der Waals surface area (Å²) in [4.78, 5) is 0. The largest absolute Gasteiger partial charge is 1.00 e. The molecule has 2 atom stereocenters. The second kappa shape index (κ2) is 8.88. The molecule has 3 rings (SSSR count). The van der Waals surface area contributed by atoms with Gasteiger partial charge in [0, 0.05) is 0 Å². The van der Waals surface area contributed by atoms with Crippen molar-refractivity contribution in [3.8, 4) is 0 Å². The summed E-state index contributed by atoms with van der Waals surface area (Å²) in [6.45, 7) is 9.14. The molecular formula is C21H24Cl2NTi. The number of nitrogens with zero attached hydrogens (tertiary/aromatic N) is 1. The molecule has 4 heteroatoms. The van der Waals surface area contributed by atoms with Gasteiger partial charge in [-0.05, 0) is 0 Å². The van der Waals surface area contributed by atoms with E-state index in [0.29, 0.717) is 12.0 Å². The van der Waals surface area contributed by atoms with Gasteiger partial charge in [-0.2, -0.15) is 0 Å². The van der Waals surface area contributed by atoms with Gasteiger partial charge in [-0.1, -0.05) is 0 Å². The first kappa shape index (κ1) is 22.5. The third kappa shape index (κ3) is 4.59. The molecule has 1 nitrogen and oxygen atoms in total. The van der Waals surface area contributed by atoms with Crippen LogP contribution in [-0.4, -0.2) is 8.92 Å². The minimum absolute atomic E-state index is 0. The smallest absolute Gasteiger partial charge is 1.00 e. The van der Waals surface area contributed by atoms with Gasteiger partial charge in [-0.25, -0.2) is 0 Å². The molecular weight excluding hydrogens is 385 g/mol. The normalized spacial score (nSPS) is 16.8. The zero-order valence-corrected chi connectivity index (χ0v) is 18.2. The van der Waals surface area contributed by atoms with E-state index in [2.05, 4.69) is 112 Å². The van der Waals surface area contributed by atoms with Gasteiger partial charge >= 0.3 is 152 Å². The van der Waals surface area contributed by atoms with E-state index in [9.17, 15) is 0 Å². The molecule has 2 aromatic rings. The minimum Gasteiger partial charge on any atom is -1.00 e. The Kier molecular flexibility index (Phi) is 7.99. The van der Waals surface area contributed by atoms with Gasteiger partial charge in [-0.3, -0.25) is 0 Å². The average Bonchev–Trinajstić information content (AvgIpc) is 2.96. The van der Waals surface area contributed by atoms with E-state index in [-0.39, 0.29) is 30.4 Å². The molecule has 1 aliphatic carbocycles. The van der Waals surface area contributed by atoms with Crippen LogP contribution in [0.1, 0.15) is 61.9 Å². The van der Waals surface area contributed by atoms with Crippen LogP contribution in [0.3, 0.4) is 0 Å². The second-order valence-electron chi connectivity index (χ2n) is 7.31. The Labute approximate surface area is 176 Å². The fourth-order valence-corrected chi connectivity index (χ4v) is 3.63. The van der Waals surface area contributed by atoms with Crippen LogP contribution in [0.4, 0.5) is 0 Å². The van der Waals surface area contributed by atoms with Crippen molar-refractivity contribution < 1.29 is 45.5 Å². The van der Waals surface area contributed by atoms with E-state index in [1.165, 1.54) is 22.3 Å². The van der Waals surface area contributed by atoms with Crippen LogP contribution >= 0.6 is 0 Å². The third-order valence-electron chi connectivity index (χ3n) is 4.69. The number of fused-ring (bicyclic) bond motifs is 1. The molecule has 0 amide bonds. The molecule has 0 fully saturated rings. The predicted molar refractivity (Wildman–Crippen MR) is 93.8 cm³/mol. The zero-order valence-electron chi connectivity index (χ0n) is 15.1. The molecule has 0 aliphatic heterocycles. The summed E-state index contributed by atoms with van der Waals surface area (Å²) in [7, 11) is 0. The molecule has 0 N–H and O–H groups in total.